The number of hydrogen-bond acceptors (Lipinski definition) is 4. The van der Waals surface area contributed by atoms with Crippen molar-refractivity contribution in [2.45, 2.75) is 83.8 Å². The number of anilines is 1. The van der Waals surface area contributed by atoms with Crippen molar-refractivity contribution in [1.29, 1.82) is 0 Å². The Kier molecular flexibility index (Phi) is 9.53. The fourth-order valence-corrected chi connectivity index (χ4v) is 6.72. The first-order valence-corrected chi connectivity index (χ1v) is 15.7. The van der Waals surface area contributed by atoms with Crippen LogP contribution in [-0.2, 0) is 26.2 Å². The monoisotopic (exact) mass is 575 g/mol. The predicted molar refractivity (Wildman–Crippen MR) is 163 cm³/mol. The van der Waals surface area contributed by atoms with Gasteiger partial charge in [-0.25, -0.2) is 8.42 Å². The second-order valence-corrected chi connectivity index (χ2v) is 13.2. The fourth-order valence-electron chi connectivity index (χ4n) is 5.33. The Morgan fingerprint density at radius 3 is 1.93 bits per heavy atom. The molecule has 8 heteroatoms. The summed E-state index contributed by atoms with van der Waals surface area (Å²) >= 11 is 0. The highest BCUT2D eigenvalue weighted by molar-refractivity contribution is 7.92. The van der Waals surface area contributed by atoms with E-state index in [0.29, 0.717) is 5.69 Å². The molecule has 1 aliphatic rings. The summed E-state index contributed by atoms with van der Waals surface area (Å²) in [6.07, 6.45) is 4.01. The molecule has 7 nitrogen and oxygen atoms in total. The molecular weight excluding hydrogens is 534 g/mol. The first-order valence-electron chi connectivity index (χ1n) is 14.3. The van der Waals surface area contributed by atoms with Gasteiger partial charge in [0.1, 0.15) is 12.6 Å². The number of aryl methyl sites for hydroxylation is 4. The van der Waals surface area contributed by atoms with Crippen LogP contribution in [0.25, 0.3) is 0 Å². The molecule has 0 aromatic heterocycles. The molecule has 1 atom stereocenters. The van der Waals surface area contributed by atoms with Crippen LogP contribution in [0.2, 0.25) is 0 Å². The predicted octanol–water partition coefficient (Wildman–Crippen LogP) is 5.59. The van der Waals surface area contributed by atoms with Crippen molar-refractivity contribution < 1.29 is 18.0 Å². The first-order chi connectivity index (χ1) is 19.4. The summed E-state index contributed by atoms with van der Waals surface area (Å²) in [6, 6.07) is 19.2. The molecule has 1 saturated carbocycles. The molecule has 2 amide bonds. The van der Waals surface area contributed by atoms with Crippen LogP contribution in [0.1, 0.15) is 60.4 Å². The van der Waals surface area contributed by atoms with Crippen LogP contribution >= 0.6 is 0 Å². The highest BCUT2D eigenvalue weighted by Crippen LogP contribution is 2.27. The number of amides is 2. The zero-order valence-corrected chi connectivity index (χ0v) is 25.5. The van der Waals surface area contributed by atoms with Gasteiger partial charge in [-0.05, 0) is 88.4 Å². The number of nitrogens with zero attached hydrogens (tertiary/aromatic N) is 2. The van der Waals surface area contributed by atoms with E-state index in [9.17, 15) is 18.0 Å². The van der Waals surface area contributed by atoms with Crippen LogP contribution in [0, 0.1) is 27.7 Å². The molecule has 1 N–H and O–H groups in total. The maximum absolute atomic E-state index is 14.1. The molecular formula is C33H41N3O4S. The fraction of sp³-hybridized carbons (Fsp3) is 0.394. The third kappa shape index (κ3) is 7.55. The largest absolute Gasteiger partial charge is 0.352 e. The highest BCUT2D eigenvalue weighted by atomic mass is 32.2. The highest BCUT2D eigenvalue weighted by Gasteiger charge is 2.33. The average molecular weight is 576 g/mol. The van der Waals surface area contributed by atoms with Gasteiger partial charge >= 0.3 is 0 Å². The molecule has 0 saturated heterocycles. The topological polar surface area (TPSA) is 86.8 Å². The van der Waals surface area contributed by atoms with Crippen LogP contribution in [0.15, 0.2) is 71.6 Å². The maximum Gasteiger partial charge on any atom is 0.264 e. The van der Waals surface area contributed by atoms with Crippen LogP contribution < -0.4 is 9.62 Å². The Morgan fingerprint density at radius 2 is 1.37 bits per heavy atom. The number of nitrogens with one attached hydrogen (secondary N) is 1. The van der Waals surface area contributed by atoms with Crippen molar-refractivity contribution in [3.63, 3.8) is 0 Å². The van der Waals surface area contributed by atoms with Gasteiger partial charge in [0, 0.05) is 12.6 Å². The number of hydrogen-bond donors (Lipinski definition) is 1. The molecule has 1 fully saturated rings. The smallest absolute Gasteiger partial charge is 0.264 e. The number of carbonyl (C=O) groups is 2. The molecule has 3 aromatic rings. The molecule has 0 spiro atoms. The van der Waals surface area contributed by atoms with Gasteiger partial charge in [0.05, 0.1) is 10.6 Å². The van der Waals surface area contributed by atoms with Gasteiger partial charge in [-0.2, -0.15) is 0 Å². The first kappa shape index (κ1) is 30.3. The molecule has 0 radical (unpaired) electrons. The minimum atomic E-state index is -4.09. The van der Waals surface area contributed by atoms with E-state index in [2.05, 4.69) is 5.32 Å². The molecule has 41 heavy (non-hydrogen) atoms. The quantitative estimate of drug-likeness (QED) is 0.341. The van der Waals surface area contributed by atoms with Crippen molar-refractivity contribution in [2.24, 2.45) is 0 Å². The lowest BCUT2D eigenvalue weighted by Crippen LogP contribution is -2.52. The lowest BCUT2D eigenvalue weighted by atomic mass is 10.1. The minimum absolute atomic E-state index is 0.104. The standard InChI is InChI=1S/C33H41N3O4S/c1-23-10-14-28(15-11-23)21-35(27(5)33(38)34-29-8-6-7-9-29)32(37)22-36(30-19-25(3)18-26(4)20-30)41(39,40)31-16-12-24(2)13-17-31/h10-20,27,29H,6-9,21-22H2,1-5H3,(H,34,38)/t27-/m1/s1. The van der Waals surface area contributed by atoms with Crippen LogP contribution in [0.3, 0.4) is 0 Å². The molecule has 1 aliphatic carbocycles. The van der Waals surface area contributed by atoms with E-state index >= 15 is 0 Å². The number of rotatable bonds is 10. The van der Waals surface area contributed by atoms with Crippen LogP contribution in [0.5, 0.6) is 0 Å². The van der Waals surface area contributed by atoms with Crippen LogP contribution in [0.4, 0.5) is 5.69 Å². The van der Waals surface area contributed by atoms with Crippen molar-refractivity contribution in [3.8, 4) is 0 Å². The summed E-state index contributed by atoms with van der Waals surface area (Å²) in [5.41, 5.74) is 5.07. The molecule has 218 valence electrons. The van der Waals surface area contributed by atoms with Gasteiger partial charge in [0.25, 0.3) is 10.0 Å². The zero-order chi connectivity index (χ0) is 29.7. The summed E-state index contributed by atoms with van der Waals surface area (Å²) in [5.74, 6) is -0.675. The summed E-state index contributed by atoms with van der Waals surface area (Å²) in [5, 5.41) is 3.11. The molecule has 3 aromatic carbocycles. The second kappa shape index (κ2) is 12.9. The Balaban J connectivity index is 1.70. The number of carbonyl (C=O) groups excluding carboxylic acids is 2. The van der Waals surface area contributed by atoms with Crippen molar-refractivity contribution in [2.75, 3.05) is 10.8 Å². The lowest BCUT2D eigenvalue weighted by molar-refractivity contribution is -0.139. The van der Waals surface area contributed by atoms with E-state index in [-0.39, 0.29) is 23.4 Å². The Labute approximate surface area is 244 Å². The van der Waals surface area contributed by atoms with Gasteiger partial charge in [-0.3, -0.25) is 13.9 Å². The zero-order valence-electron chi connectivity index (χ0n) is 24.7. The minimum Gasteiger partial charge on any atom is -0.352 e. The van der Waals surface area contributed by atoms with Crippen LogP contribution in [-0.4, -0.2) is 43.8 Å². The average Bonchev–Trinajstić information content (AvgIpc) is 3.43. The van der Waals surface area contributed by atoms with Gasteiger partial charge < -0.3 is 10.2 Å². The molecule has 0 bridgehead atoms. The molecule has 0 heterocycles. The van der Waals surface area contributed by atoms with E-state index < -0.39 is 28.5 Å². The van der Waals surface area contributed by atoms with E-state index in [1.54, 1.807) is 43.3 Å². The van der Waals surface area contributed by atoms with Crippen molar-refractivity contribution in [3.05, 3.63) is 94.5 Å². The van der Waals surface area contributed by atoms with E-state index in [4.69, 9.17) is 0 Å². The number of sulfonamides is 1. The van der Waals surface area contributed by atoms with Crippen molar-refractivity contribution in [1.82, 2.24) is 10.2 Å². The molecule has 4 rings (SSSR count). The van der Waals surface area contributed by atoms with Gasteiger partial charge in [-0.1, -0.05) is 66.4 Å². The Morgan fingerprint density at radius 1 is 0.829 bits per heavy atom. The Hall–Kier alpha value is -3.65. The van der Waals surface area contributed by atoms with Gasteiger partial charge in [0.15, 0.2) is 0 Å². The van der Waals surface area contributed by atoms with E-state index in [0.717, 1.165) is 53.5 Å². The normalized spacial score (nSPS) is 14.5. The van der Waals surface area contributed by atoms with E-state index in [1.807, 2.05) is 58.0 Å². The van der Waals surface area contributed by atoms with Gasteiger partial charge in [-0.15, -0.1) is 0 Å². The third-order valence-corrected chi connectivity index (χ3v) is 9.51. The Bertz CT molecular complexity index is 1460. The second-order valence-electron chi connectivity index (χ2n) is 11.3. The van der Waals surface area contributed by atoms with Crippen molar-refractivity contribution >= 4 is 27.5 Å². The lowest BCUT2D eigenvalue weighted by Gasteiger charge is -2.32. The summed E-state index contributed by atoms with van der Waals surface area (Å²) in [4.78, 5) is 29.1. The molecule has 0 aliphatic heterocycles. The summed E-state index contributed by atoms with van der Waals surface area (Å²) in [7, 11) is -4.09. The summed E-state index contributed by atoms with van der Waals surface area (Å²) < 4.78 is 29.2. The third-order valence-electron chi connectivity index (χ3n) is 7.72. The van der Waals surface area contributed by atoms with E-state index in [1.165, 1.54) is 9.21 Å². The number of benzene rings is 3. The summed E-state index contributed by atoms with van der Waals surface area (Å²) in [6.45, 7) is 9.13. The molecule has 0 unspecified atom stereocenters. The SMILES string of the molecule is Cc1ccc(CN(C(=O)CN(c2cc(C)cc(C)c2)S(=O)(=O)c2ccc(C)cc2)[C@H](C)C(=O)NC2CCCC2)cc1. The van der Waals surface area contributed by atoms with Gasteiger partial charge in [0.2, 0.25) is 11.8 Å². The maximum atomic E-state index is 14.1.